The Labute approximate surface area is 120 Å². The summed E-state index contributed by atoms with van der Waals surface area (Å²) in [5, 5.41) is 3.90. The summed E-state index contributed by atoms with van der Waals surface area (Å²) in [6.07, 6.45) is 1.79. The smallest absolute Gasteiger partial charge is 0.0705 e. The monoisotopic (exact) mass is 288 g/mol. The number of fused-ring (bicyclic) bond motifs is 1. The predicted molar refractivity (Wildman–Crippen MR) is 81.8 cm³/mol. The molecule has 19 heavy (non-hydrogen) atoms. The van der Waals surface area contributed by atoms with Crippen LogP contribution in [0.5, 0.6) is 0 Å². The van der Waals surface area contributed by atoms with E-state index in [0.29, 0.717) is 0 Å². The second kappa shape index (κ2) is 4.93. The summed E-state index contributed by atoms with van der Waals surface area (Å²) in [6.45, 7) is 2.00. The number of hydrogen-bond donors (Lipinski definition) is 1. The van der Waals surface area contributed by atoms with Crippen molar-refractivity contribution < 1.29 is 0 Å². The molecule has 0 aliphatic heterocycles. The first-order chi connectivity index (χ1) is 9.18. The minimum atomic E-state index is -0.209. The fourth-order valence-electron chi connectivity index (χ4n) is 2.20. The molecule has 0 aliphatic carbocycles. The van der Waals surface area contributed by atoms with Gasteiger partial charge in [-0.15, -0.1) is 11.3 Å². The molecular weight excluding hydrogens is 276 g/mol. The van der Waals surface area contributed by atoms with Crippen molar-refractivity contribution in [1.82, 2.24) is 4.98 Å². The summed E-state index contributed by atoms with van der Waals surface area (Å²) in [5.74, 6) is 0. The van der Waals surface area contributed by atoms with Gasteiger partial charge in [0.15, 0.2) is 0 Å². The van der Waals surface area contributed by atoms with Gasteiger partial charge in [-0.05, 0) is 35.6 Å². The van der Waals surface area contributed by atoms with Crippen LogP contribution in [0.3, 0.4) is 0 Å². The van der Waals surface area contributed by atoms with Crippen LogP contribution in [0.15, 0.2) is 41.9 Å². The summed E-state index contributed by atoms with van der Waals surface area (Å²) in [5.41, 5.74) is 9.50. The number of hydrogen-bond acceptors (Lipinski definition) is 3. The van der Waals surface area contributed by atoms with Crippen LogP contribution >= 0.6 is 22.9 Å². The highest BCUT2D eigenvalue weighted by Crippen LogP contribution is 2.36. The first kappa shape index (κ1) is 12.6. The summed E-state index contributed by atoms with van der Waals surface area (Å²) >= 11 is 7.93. The largest absolute Gasteiger partial charge is 0.320 e. The van der Waals surface area contributed by atoms with Crippen molar-refractivity contribution in [1.29, 1.82) is 0 Å². The number of rotatable bonds is 2. The average Bonchev–Trinajstić information content (AvgIpc) is 2.78. The molecule has 4 heteroatoms. The number of halogens is 1. The first-order valence-corrected chi connectivity index (χ1v) is 7.27. The van der Waals surface area contributed by atoms with Gasteiger partial charge in [0.05, 0.1) is 16.6 Å². The van der Waals surface area contributed by atoms with Gasteiger partial charge in [-0.25, -0.2) is 0 Å². The van der Waals surface area contributed by atoms with E-state index in [1.165, 1.54) is 0 Å². The maximum atomic E-state index is 6.39. The molecule has 1 unspecified atom stereocenters. The van der Waals surface area contributed by atoms with E-state index in [-0.39, 0.29) is 6.04 Å². The Morgan fingerprint density at radius 3 is 2.84 bits per heavy atom. The van der Waals surface area contributed by atoms with E-state index < -0.39 is 0 Å². The third kappa shape index (κ3) is 2.14. The number of nitrogens with two attached hydrogens (primary N) is 1. The van der Waals surface area contributed by atoms with Gasteiger partial charge in [0.2, 0.25) is 0 Å². The highest BCUT2D eigenvalue weighted by Gasteiger charge is 2.18. The Morgan fingerprint density at radius 2 is 2.11 bits per heavy atom. The van der Waals surface area contributed by atoms with Gasteiger partial charge in [0.1, 0.15) is 0 Å². The van der Waals surface area contributed by atoms with Crippen LogP contribution in [0.4, 0.5) is 0 Å². The third-order valence-corrected chi connectivity index (χ3v) is 5.02. The zero-order valence-corrected chi connectivity index (χ0v) is 12.0. The van der Waals surface area contributed by atoms with E-state index in [1.807, 2.05) is 42.6 Å². The zero-order valence-electron chi connectivity index (χ0n) is 10.4. The van der Waals surface area contributed by atoms with Crippen molar-refractivity contribution in [2.75, 3.05) is 0 Å². The number of pyridine rings is 1. The van der Waals surface area contributed by atoms with Crippen LogP contribution in [0.1, 0.15) is 22.0 Å². The number of thiophene rings is 1. The molecule has 0 aliphatic rings. The third-order valence-electron chi connectivity index (χ3n) is 3.22. The van der Waals surface area contributed by atoms with E-state index in [4.69, 9.17) is 17.3 Å². The lowest BCUT2D eigenvalue weighted by molar-refractivity contribution is 0.902. The molecule has 0 radical (unpaired) electrons. The van der Waals surface area contributed by atoms with Crippen LogP contribution in [0, 0.1) is 6.92 Å². The second-order valence-corrected chi connectivity index (χ2v) is 5.78. The van der Waals surface area contributed by atoms with Crippen molar-refractivity contribution in [2.24, 2.45) is 5.73 Å². The van der Waals surface area contributed by atoms with Gasteiger partial charge in [-0.1, -0.05) is 29.8 Å². The topological polar surface area (TPSA) is 38.9 Å². The fourth-order valence-corrected chi connectivity index (χ4v) is 3.53. The van der Waals surface area contributed by atoms with Gasteiger partial charge in [0.25, 0.3) is 0 Å². The Kier molecular flexibility index (Phi) is 3.27. The summed E-state index contributed by atoms with van der Waals surface area (Å²) in [4.78, 5) is 5.37. The molecule has 0 fully saturated rings. The van der Waals surface area contributed by atoms with Gasteiger partial charge in [0, 0.05) is 16.5 Å². The molecule has 96 valence electrons. The molecule has 2 aromatic heterocycles. The summed E-state index contributed by atoms with van der Waals surface area (Å²) in [6, 6.07) is 9.79. The van der Waals surface area contributed by atoms with Crippen LogP contribution < -0.4 is 5.73 Å². The molecule has 0 amide bonds. The predicted octanol–water partition coefficient (Wildman–Crippen LogP) is 4.31. The first-order valence-electron chi connectivity index (χ1n) is 6.01. The highest BCUT2D eigenvalue weighted by atomic mass is 35.5. The molecule has 0 bridgehead atoms. The zero-order chi connectivity index (χ0) is 13.4. The average molecular weight is 289 g/mol. The lowest BCUT2D eigenvalue weighted by Gasteiger charge is -2.13. The number of aryl methyl sites for hydroxylation is 1. The molecule has 2 N–H and O–H groups in total. The number of benzene rings is 1. The van der Waals surface area contributed by atoms with Crippen molar-refractivity contribution in [3.05, 3.63) is 62.9 Å². The Balaban J connectivity index is 2.17. The van der Waals surface area contributed by atoms with E-state index in [9.17, 15) is 0 Å². The number of nitrogens with zero attached hydrogens (tertiary/aromatic N) is 1. The van der Waals surface area contributed by atoms with E-state index in [0.717, 1.165) is 31.9 Å². The van der Waals surface area contributed by atoms with Gasteiger partial charge >= 0.3 is 0 Å². The number of aromatic nitrogens is 1. The van der Waals surface area contributed by atoms with Crippen LogP contribution in [-0.2, 0) is 0 Å². The fraction of sp³-hybridized carbons (Fsp3) is 0.133. The van der Waals surface area contributed by atoms with Gasteiger partial charge < -0.3 is 5.73 Å². The minimum Gasteiger partial charge on any atom is -0.320 e. The molecule has 3 aromatic rings. The Hall–Kier alpha value is -1.42. The van der Waals surface area contributed by atoms with E-state index >= 15 is 0 Å². The van der Waals surface area contributed by atoms with Crippen LogP contribution in [0.25, 0.3) is 10.9 Å². The van der Waals surface area contributed by atoms with Crippen molar-refractivity contribution >= 4 is 33.8 Å². The van der Waals surface area contributed by atoms with Gasteiger partial charge in [-0.2, -0.15) is 0 Å². The van der Waals surface area contributed by atoms with Gasteiger partial charge in [-0.3, -0.25) is 4.98 Å². The Bertz CT molecular complexity index is 731. The standard InChI is InChI=1S/C15H13ClN2S/c1-9-8-19-15(13(9)16)14(17)11-4-2-6-12-10(11)5-3-7-18-12/h2-8,14H,17H2,1H3. The molecular formula is C15H13ClN2S. The highest BCUT2D eigenvalue weighted by molar-refractivity contribution is 7.10. The summed E-state index contributed by atoms with van der Waals surface area (Å²) < 4.78 is 0. The minimum absolute atomic E-state index is 0.209. The molecule has 1 aromatic carbocycles. The molecule has 1 atom stereocenters. The quantitative estimate of drug-likeness (QED) is 0.763. The van der Waals surface area contributed by atoms with Crippen molar-refractivity contribution in [3.63, 3.8) is 0 Å². The van der Waals surface area contributed by atoms with Crippen molar-refractivity contribution in [2.45, 2.75) is 13.0 Å². The second-order valence-electron chi connectivity index (χ2n) is 4.49. The van der Waals surface area contributed by atoms with Crippen LogP contribution in [0.2, 0.25) is 5.02 Å². The van der Waals surface area contributed by atoms with Crippen molar-refractivity contribution in [3.8, 4) is 0 Å². The molecule has 0 saturated heterocycles. The maximum absolute atomic E-state index is 6.39. The molecule has 0 saturated carbocycles. The lowest BCUT2D eigenvalue weighted by atomic mass is 10.0. The normalized spacial score (nSPS) is 12.8. The summed E-state index contributed by atoms with van der Waals surface area (Å²) in [7, 11) is 0. The molecule has 0 spiro atoms. The van der Waals surface area contributed by atoms with E-state index in [2.05, 4.69) is 4.98 Å². The van der Waals surface area contributed by atoms with Crippen LogP contribution in [-0.4, -0.2) is 4.98 Å². The maximum Gasteiger partial charge on any atom is 0.0705 e. The SMILES string of the molecule is Cc1csc(C(N)c2cccc3ncccc23)c1Cl. The van der Waals surface area contributed by atoms with E-state index in [1.54, 1.807) is 17.5 Å². The molecule has 2 nitrogen and oxygen atoms in total. The lowest BCUT2D eigenvalue weighted by Crippen LogP contribution is -2.11. The molecule has 3 rings (SSSR count). The Morgan fingerprint density at radius 1 is 1.26 bits per heavy atom. The molecule has 2 heterocycles.